The number of likely N-dealkylation sites (tertiary alicyclic amines) is 1. The number of hydrogen-bond donors (Lipinski definition) is 1. The summed E-state index contributed by atoms with van der Waals surface area (Å²) in [5.41, 5.74) is 0. The van der Waals surface area contributed by atoms with Gasteiger partial charge in [0, 0.05) is 45.3 Å². The van der Waals surface area contributed by atoms with Gasteiger partial charge < -0.3 is 15.0 Å². The molecule has 21 heavy (non-hydrogen) atoms. The maximum absolute atomic E-state index is 12.5. The number of amides is 1. The first kappa shape index (κ1) is 15.2. The average molecular weight is 296 g/mol. The number of carbonyl (C=O) groups is 1. The summed E-state index contributed by atoms with van der Waals surface area (Å²) in [5, 5.41) is 3.38. The molecule has 1 N–H and O–H groups in total. The van der Waals surface area contributed by atoms with Gasteiger partial charge in [-0.15, -0.1) is 0 Å². The minimum atomic E-state index is 0.313. The van der Waals surface area contributed by atoms with E-state index in [1.807, 2.05) is 0 Å². The number of nitrogens with zero attached hydrogens (tertiary/aromatic N) is 3. The van der Waals surface area contributed by atoms with E-state index in [1.54, 1.807) is 0 Å². The molecular weight excluding hydrogens is 268 g/mol. The van der Waals surface area contributed by atoms with Gasteiger partial charge in [-0.05, 0) is 25.9 Å². The van der Waals surface area contributed by atoms with Gasteiger partial charge in [-0.1, -0.05) is 0 Å². The fourth-order valence-corrected chi connectivity index (χ4v) is 3.56. The second-order valence-electron chi connectivity index (χ2n) is 6.31. The van der Waals surface area contributed by atoms with Crippen LogP contribution in [0.2, 0.25) is 0 Å². The van der Waals surface area contributed by atoms with Crippen molar-refractivity contribution in [2.45, 2.75) is 18.9 Å². The van der Waals surface area contributed by atoms with Crippen LogP contribution >= 0.6 is 0 Å². The second kappa shape index (κ2) is 7.54. The van der Waals surface area contributed by atoms with Crippen LogP contribution in [0.5, 0.6) is 0 Å². The summed E-state index contributed by atoms with van der Waals surface area (Å²) in [7, 11) is 0. The van der Waals surface area contributed by atoms with Crippen molar-refractivity contribution >= 4 is 5.91 Å². The van der Waals surface area contributed by atoms with Crippen molar-refractivity contribution in [2.75, 3.05) is 72.1 Å². The molecule has 3 rings (SSSR count). The molecule has 6 heteroatoms. The highest BCUT2D eigenvalue weighted by Crippen LogP contribution is 2.17. The lowest BCUT2D eigenvalue weighted by atomic mass is 10.2. The van der Waals surface area contributed by atoms with E-state index >= 15 is 0 Å². The Morgan fingerprint density at radius 1 is 1.10 bits per heavy atom. The summed E-state index contributed by atoms with van der Waals surface area (Å²) in [6, 6.07) is 0.545. The molecule has 0 aliphatic carbocycles. The van der Waals surface area contributed by atoms with E-state index in [2.05, 4.69) is 20.0 Å². The van der Waals surface area contributed by atoms with E-state index in [9.17, 15) is 4.79 Å². The first-order valence-corrected chi connectivity index (χ1v) is 8.35. The lowest BCUT2D eigenvalue weighted by molar-refractivity contribution is -0.131. The lowest BCUT2D eigenvalue weighted by Gasteiger charge is -2.32. The molecule has 0 aromatic rings. The van der Waals surface area contributed by atoms with Crippen LogP contribution in [0.15, 0.2) is 0 Å². The van der Waals surface area contributed by atoms with Crippen molar-refractivity contribution in [3.8, 4) is 0 Å². The Hall–Kier alpha value is -0.690. The molecule has 120 valence electrons. The second-order valence-corrected chi connectivity index (χ2v) is 6.31. The molecule has 0 saturated carbocycles. The number of ether oxygens (including phenoxy) is 1. The van der Waals surface area contributed by atoms with Crippen LogP contribution in [0.25, 0.3) is 0 Å². The highest BCUT2D eigenvalue weighted by Gasteiger charge is 2.31. The summed E-state index contributed by atoms with van der Waals surface area (Å²) >= 11 is 0. The van der Waals surface area contributed by atoms with Crippen LogP contribution in [0.1, 0.15) is 12.8 Å². The Bertz CT molecular complexity index is 339. The molecule has 0 radical (unpaired) electrons. The largest absolute Gasteiger partial charge is 0.379 e. The first-order chi connectivity index (χ1) is 10.3. The zero-order valence-electron chi connectivity index (χ0n) is 12.9. The molecule has 0 bridgehead atoms. The summed E-state index contributed by atoms with van der Waals surface area (Å²) in [5.74, 6) is 0.313. The van der Waals surface area contributed by atoms with Gasteiger partial charge in [0.1, 0.15) is 0 Å². The number of morpholine rings is 1. The van der Waals surface area contributed by atoms with Crippen LogP contribution in [0, 0.1) is 0 Å². The highest BCUT2D eigenvalue weighted by molar-refractivity contribution is 5.78. The molecule has 0 spiro atoms. The number of hydrogen-bond acceptors (Lipinski definition) is 5. The van der Waals surface area contributed by atoms with E-state index in [0.29, 0.717) is 18.5 Å². The highest BCUT2D eigenvalue weighted by atomic mass is 16.5. The molecule has 0 aromatic heterocycles. The summed E-state index contributed by atoms with van der Waals surface area (Å²) in [6.45, 7) is 10.3. The minimum Gasteiger partial charge on any atom is -0.379 e. The molecule has 0 aromatic carbocycles. The normalized spacial score (nSPS) is 29.5. The molecule has 3 heterocycles. The van der Waals surface area contributed by atoms with Crippen LogP contribution in [-0.4, -0.2) is 98.8 Å². The predicted octanol–water partition coefficient (Wildman–Crippen LogP) is -0.785. The smallest absolute Gasteiger partial charge is 0.236 e. The first-order valence-electron chi connectivity index (χ1n) is 8.35. The Morgan fingerprint density at radius 3 is 2.81 bits per heavy atom. The average Bonchev–Trinajstić information content (AvgIpc) is 2.88. The van der Waals surface area contributed by atoms with Gasteiger partial charge in [0.2, 0.25) is 5.91 Å². The zero-order valence-corrected chi connectivity index (χ0v) is 12.9. The quantitative estimate of drug-likeness (QED) is 0.740. The van der Waals surface area contributed by atoms with Crippen molar-refractivity contribution in [1.82, 2.24) is 20.0 Å². The molecule has 1 unspecified atom stereocenters. The van der Waals surface area contributed by atoms with E-state index in [-0.39, 0.29) is 0 Å². The molecule has 3 fully saturated rings. The van der Waals surface area contributed by atoms with Crippen molar-refractivity contribution in [2.24, 2.45) is 0 Å². The molecule has 3 aliphatic heterocycles. The van der Waals surface area contributed by atoms with Gasteiger partial charge in [-0.3, -0.25) is 14.6 Å². The fourth-order valence-electron chi connectivity index (χ4n) is 3.56. The Kier molecular flexibility index (Phi) is 5.46. The van der Waals surface area contributed by atoms with Crippen LogP contribution < -0.4 is 5.32 Å². The summed E-state index contributed by atoms with van der Waals surface area (Å²) in [6.07, 6.45) is 2.26. The minimum absolute atomic E-state index is 0.313. The molecule has 1 atom stereocenters. The van der Waals surface area contributed by atoms with Crippen molar-refractivity contribution in [3.63, 3.8) is 0 Å². The van der Waals surface area contributed by atoms with Gasteiger partial charge in [-0.25, -0.2) is 0 Å². The molecule has 3 saturated heterocycles. The summed E-state index contributed by atoms with van der Waals surface area (Å²) < 4.78 is 5.41. The van der Waals surface area contributed by atoms with Crippen LogP contribution in [-0.2, 0) is 9.53 Å². The van der Waals surface area contributed by atoms with Crippen molar-refractivity contribution < 1.29 is 9.53 Å². The van der Waals surface area contributed by atoms with Crippen LogP contribution in [0.4, 0.5) is 0 Å². The maximum Gasteiger partial charge on any atom is 0.236 e. The standard InChI is InChI=1S/C15H28N4O2/c20-15(13-17-5-1-3-16-4-7-17)19-6-2-14(12-19)18-8-10-21-11-9-18/h14,16H,1-13H2. The topological polar surface area (TPSA) is 48.1 Å². The van der Waals surface area contributed by atoms with Gasteiger partial charge >= 0.3 is 0 Å². The number of carbonyl (C=O) groups excluding carboxylic acids is 1. The Labute approximate surface area is 127 Å². The summed E-state index contributed by atoms with van der Waals surface area (Å²) in [4.78, 5) is 19.3. The maximum atomic E-state index is 12.5. The Balaban J connectivity index is 1.45. The predicted molar refractivity (Wildman–Crippen MR) is 81.3 cm³/mol. The Morgan fingerprint density at radius 2 is 1.95 bits per heavy atom. The van der Waals surface area contributed by atoms with Crippen molar-refractivity contribution in [1.29, 1.82) is 0 Å². The number of rotatable bonds is 3. The molecule has 1 amide bonds. The zero-order chi connectivity index (χ0) is 14.5. The fraction of sp³-hybridized carbons (Fsp3) is 0.933. The lowest BCUT2D eigenvalue weighted by Crippen LogP contribution is -2.46. The molecule has 6 nitrogen and oxygen atoms in total. The van der Waals surface area contributed by atoms with E-state index in [1.165, 1.54) is 0 Å². The molecule has 3 aliphatic rings. The van der Waals surface area contributed by atoms with Gasteiger partial charge in [0.25, 0.3) is 0 Å². The van der Waals surface area contributed by atoms with Gasteiger partial charge in [0.15, 0.2) is 0 Å². The monoisotopic (exact) mass is 296 g/mol. The van der Waals surface area contributed by atoms with E-state index < -0.39 is 0 Å². The molecular formula is C15H28N4O2. The van der Waals surface area contributed by atoms with Crippen LogP contribution in [0.3, 0.4) is 0 Å². The third kappa shape index (κ3) is 4.16. The SMILES string of the molecule is O=C(CN1CCCNCC1)N1CCC(N2CCOCC2)C1. The van der Waals surface area contributed by atoms with E-state index in [4.69, 9.17) is 4.74 Å². The van der Waals surface area contributed by atoms with E-state index in [0.717, 1.165) is 78.4 Å². The number of nitrogens with one attached hydrogen (secondary N) is 1. The third-order valence-electron chi connectivity index (χ3n) is 4.87. The van der Waals surface area contributed by atoms with Crippen molar-refractivity contribution in [3.05, 3.63) is 0 Å². The third-order valence-corrected chi connectivity index (χ3v) is 4.87. The van der Waals surface area contributed by atoms with Gasteiger partial charge in [-0.2, -0.15) is 0 Å². The van der Waals surface area contributed by atoms with Gasteiger partial charge in [0.05, 0.1) is 19.8 Å².